The van der Waals surface area contributed by atoms with Crippen molar-refractivity contribution >= 4 is 17.6 Å². The van der Waals surface area contributed by atoms with Gasteiger partial charge in [0.25, 0.3) is 5.91 Å². The van der Waals surface area contributed by atoms with Gasteiger partial charge in [0.15, 0.2) is 0 Å². The van der Waals surface area contributed by atoms with Crippen LogP contribution in [0.5, 0.6) is 5.75 Å². The molecular weight excluding hydrogens is 334 g/mol. The molecule has 0 spiro atoms. The number of rotatable bonds is 10. The van der Waals surface area contributed by atoms with Gasteiger partial charge in [0.2, 0.25) is 0 Å². The number of nitrogens with one attached hydrogen (secondary N) is 1. The average molecular weight is 365 g/mol. The highest BCUT2D eigenvalue weighted by Crippen LogP contribution is 2.27. The topological polar surface area (TPSA) is 73.9 Å². The highest BCUT2D eigenvalue weighted by Gasteiger charge is 2.32. The van der Waals surface area contributed by atoms with Gasteiger partial charge in [0.1, 0.15) is 16.9 Å². The molecule has 146 valence electrons. The summed E-state index contributed by atoms with van der Waals surface area (Å²) in [5.41, 5.74) is -0.146. The molecule has 0 radical (unpaired) electrons. The standard InChI is InChI=1S/C20H31NO5/c1-7-9-12-20(5,24-6)19(23)21-15-10-11-17(26-14(3)4)16(13-15)18(22)25-8-2/h10-11,13-14H,7-9,12H2,1-6H3,(H,21,23)/t20-/m1/s1. The molecule has 0 aliphatic heterocycles. The second-order valence-electron chi connectivity index (χ2n) is 6.59. The minimum atomic E-state index is -0.923. The van der Waals surface area contributed by atoms with E-state index < -0.39 is 11.6 Å². The smallest absolute Gasteiger partial charge is 0.341 e. The van der Waals surface area contributed by atoms with E-state index in [0.717, 1.165) is 12.8 Å². The van der Waals surface area contributed by atoms with Gasteiger partial charge in [-0.15, -0.1) is 0 Å². The van der Waals surface area contributed by atoms with Crippen LogP contribution in [0.25, 0.3) is 0 Å². The van der Waals surface area contributed by atoms with E-state index in [-0.39, 0.29) is 24.2 Å². The Labute approximate surface area is 156 Å². The van der Waals surface area contributed by atoms with Crippen molar-refractivity contribution in [1.82, 2.24) is 0 Å². The Balaban J connectivity index is 3.07. The summed E-state index contributed by atoms with van der Waals surface area (Å²) >= 11 is 0. The van der Waals surface area contributed by atoms with E-state index >= 15 is 0 Å². The number of carbonyl (C=O) groups excluding carboxylic acids is 2. The number of hydrogen-bond donors (Lipinski definition) is 1. The first-order valence-electron chi connectivity index (χ1n) is 9.11. The number of anilines is 1. The van der Waals surface area contributed by atoms with Crippen LogP contribution in [-0.2, 0) is 14.3 Å². The molecule has 0 fully saturated rings. The molecule has 0 aliphatic rings. The quantitative estimate of drug-likeness (QED) is 0.630. The van der Waals surface area contributed by atoms with Crippen LogP contribution >= 0.6 is 0 Å². The number of ether oxygens (including phenoxy) is 3. The lowest BCUT2D eigenvalue weighted by atomic mass is 9.97. The fraction of sp³-hybridized carbons (Fsp3) is 0.600. The molecule has 0 aromatic heterocycles. The summed E-state index contributed by atoms with van der Waals surface area (Å²) in [4.78, 5) is 24.9. The van der Waals surface area contributed by atoms with Crippen LogP contribution in [0.15, 0.2) is 18.2 Å². The van der Waals surface area contributed by atoms with Crippen LogP contribution in [-0.4, -0.2) is 37.3 Å². The van der Waals surface area contributed by atoms with Crippen molar-refractivity contribution < 1.29 is 23.8 Å². The molecule has 1 aromatic carbocycles. The van der Waals surface area contributed by atoms with Crippen LogP contribution in [0, 0.1) is 0 Å². The van der Waals surface area contributed by atoms with E-state index in [2.05, 4.69) is 12.2 Å². The lowest BCUT2D eigenvalue weighted by molar-refractivity contribution is -0.136. The Hall–Kier alpha value is -2.08. The molecule has 1 rings (SSSR count). The minimum Gasteiger partial charge on any atom is -0.490 e. The van der Waals surface area contributed by atoms with Gasteiger partial charge in [0, 0.05) is 12.8 Å². The van der Waals surface area contributed by atoms with E-state index in [1.165, 1.54) is 7.11 Å². The Kier molecular flexibility index (Phi) is 8.58. The van der Waals surface area contributed by atoms with Gasteiger partial charge in [0.05, 0.1) is 12.7 Å². The number of carbonyl (C=O) groups is 2. The van der Waals surface area contributed by atoms with Crippen molar-refractivity contribution in [2.45, 2.75) is 65.6 Å². The van der Waals surface area contributed by atoms with Gasteiger partial charge >= 0.3 is 5.97 Å². The molecule has 0 aliphatic carbocycles. The van der Waals surface area contributed by atoms with Gasteiger partial charge in [-0.1, -0.05) is 19.8 Å². The normalized spacial score (nSPS) is 13.2. The van der Waals surface area contributed by atoms with Gasteiger partial charge in [-0.3, -0.25) is 4.79 Å². The van der Waals surface area contributed by atoms with Crippen LogP contribution in [0.2, 0.25) is 0 Å². The molecule has 1 aromatic rings. The third kappa shape index (κ3) is 6.02. The third-order valence-electron chi connectivity index (χ3n) is 4.03. The zero-order chi connectivity index (χ0) is 19.7. The molecule has 6 nitrogen and oxygen atoms in total. The second kappa shape index (κ2) is 10.2. The molecule has 0 bridgehead atoms. The summed E-state index contributed by atoms with van der Waals surface area (Å²) in [5.74, 6) is -0.308. The molecule has 0 saturated heterocycles. The van der Waals surface area contributed by atoms with Crippen LogP contribution in [0.3, 0.4) is 0 Å². The van der Waals surface area contributed by atoms with Gasteiger partial charge in [-0.25, -0.2) is 4.79 Å². The lowest BCUT2D eigenvalue weighted by Gasteiger charge is -2.27. The Bertz CT molecular complexity index is 614. The predicted molar refractivity (Wildman–Crippen MR) is 102 cm³/mol. The number of amides is 1. The number of benzene rings is 1. The summed E-state index contributed by atoms with van der Waals surface area (Å²) < 4.78 is 16.2. The van der Waals surface area contributed by atoms with Crippen LogP contribution in [0.4, 0.5) is 5.69 Å². The molecule has 26 heavy (non-hydrogen) atoms. The van der Waals surface area contributed by atoms with Crippen molar-refractivity contribution in [2.24, 2.45) is 0 Å². The SMILES string of the molecule is CCCC[C@@](C)(OC)C(=O)Nc1ccc(OC(C)C)c(C(=O)OCC)c1. The lowest BCUT2D eigenvalue weighted by Crippen LogP contribution is -2.42. The molecule has 0 unspecified atom stereocenters. The zero-order valence-electron chi connectivity index (χ0n) is 16.7. The summed E-state index contributed by atoms with van der Waals surface area (Å²) in [6, 6.07) is 4.94. The van der Waals surface area contributed by atoms with E-state index in [4.69, 9.17) is 14.2 Å². The maximum Gasteiger partial charge on any atom is 0.341 e. The molecule has 1 N–H and O–H groups in total. The first kappa shape index (κ1) is 22.0. The third-order valence-corrected chi connectivity index (χ3v) is 4.03. The van der Waals surface area contributed by atoms with Crippen molar-refractivity contribution in [3.05, 3.63) is 23.8 Å². The summed E-state index contributed by atoms with van der Waals surface area (Å²) in [6.07, 6.45) is 2.38. The zero-order valence-corrected chi connectivity index (χ0v) is 16.7. The van der Waals surface area contributed by atoms with Crippen molar-refractivity contribution in [1.29, 1.82) is 0 Å². The van der Waals surface area contributed by atoms with Gasteiger partial charge in [-0.2, -0.15) is 0 Å². The van der Waals surface area contributed by atoms with Crippen molar-refractivity contribution in [3.8, 4) is 5.75 Å². The van der Waals surface area contributed by atoms with Gasteiger partial charge in [-0.05, 0) is 52.3 Å². The highest BCUT2D eigenvalue weighted by molar-refractivity contribution is 5.99. The second-order valence-corrected chi connectivity index (χ2v) is 6.59. The maximum atomic E-state index is 12.7. The summed E-state index contributed by atoms with van der Waals surface area (Å²) in [5, 5.41) is 2.83. The largest absolute Gasteiger partial charge is 0.490 e. The van der Waals surface area contributed by atoms with E-state index in [9.17, 15) is 9.59 Å². The fourth-order valence-electron chi connectivity index (χ4n) is 2.42. The molecule has 6 heteroatoms. The van der Waals surface area contributed by atoms with Crippen LogP contribution in [0.1, 0.15) is 64.2 Å². The maximum absolute atomic E-state index is 12.7. The minimum absolute atomic E-state index is 0.0885. The summed E-state index contributed by atoms with van der Waals surface area (Å²) in [6.45, 7) is 9.58. The van der Waals surface area contributed by atoms with E-state index in [1.807, 2.05) is 13.8 Å². The van der Waals surface area contributed by atoms with E-state index in [1.54, 1.807) is 32.0 Å². The van der Waals surface area contributed by atoms with Crippen LogP contribution < -0.4 is 10.1 Å². The first-order valence-corrected chi connectivity index (χ1v) is 9.11. The van der Waals surface area contributed by atoms with Crippen molar-refractivity contribution in [2.75, 3.05) is 19.0 Å². The Morgan fingerprint density at radius 3 is 2.46 bits per heavy atom. The van der Waals surface area contributed by atoms with Gasteiger partial charge < -0.3 is 19.5 Å². The molecule has 0 heterocycles. The molecule has 1 amide bonds. The summed E-state index contributed by atoms with van der Waals surface area (Å²) in [7, 11) is 1.53. The van der Waals surface area contributed by atoms with Crippen molar-refractivity contribution in [3.63, 3.8) is 0 Å². The monoisotopic (exact) mass is 365 g/mol. The highest BCUT2D eigenvalue weighted by atomic mass is 16.5. The Morgan fingerprint density at radius 1 is 1.23 bits per heavy atom. The fourth-order valence-corrected chi connectivity index (χ4v) is 2.42. The first-order chi connectivity index (χ1) is 12.3. The Morgan fingerprint density at radius 2 is 1.92 bits per heavy atom. The average Bonchev–Trinajstić information content (AvgIpc) is 2.60. The molecule has 1 atom stereocenters. The molecule has 0 saturated carbocycles. The number of unbranched alkanes of at least 4 members (excludes halogenated alkanes) is 1. The number of methoxy groups -OCH3 is 1. The molecular formula is C20H31NO5. The number of hydrogen-bond acceptors (Lipinski definition) is 5. The predicted octanol–water partition coefficient (Wildman–Crippen LogP) is 4.18. The van der Waals surface area contributed by atoms with E-state index in [0.29, 0.717) is 17.9 Å². The number of esters is 1.